The second kappa shape index (κ2) is 8.09. The van der Waals surface area contributed by atoms with E-state index in [1.54, 1.807) is 0 Å². The van der Waals surface area contributed by atoms with E-state index in [0.29, 0.717) is 29.6 Å². The second-order valence-corrected chi connectivity index (χ2v) is 9.25. The molecule has 0 radical (unpaired) electrons. The van der Waals surface area contributed by atoms with Crippen LogP contribution in [0.3, 0.4) is 0 Å². The zero-order chi connectivity index (χ0) is 21.4. The van der Waals surface area contributed by atoms with E-state index in [9.17, 15) is 8.78 Å². The Morgan fingerprint density at radius 2 is 1.71 bits per heavy atom. The number of morpholine rings is 1. The molecule has 5 rings (SSSR count). The van der Waals surface area contributed by atoms with E-state index in [-0.39, 0.29) is 4.75 Å². The highest BCUT2D eigenvalue weighted by molar-refractivity contribution is 8.00. The Labute approximate surface area is 183 Å². The van der Waals surface area contributed by atoms with Crippen molar-refractivity contribution in [2.45, 2.75) is 22.5 Å². The number of benzene rings is 2. The van der Waals surface area contributed by atoms with Crippen LogP contribution in [0.15, 0.2) is 53.4 Å². The molecule has 8 heteroatoms. The van der Waals surface area contributed by atoms with E-state index in [1.165, 1.54) is 23.9 Å². The Morgan fingerprint density at radius 3 is 2.42 bits per heavy atom. The van der Waals surface area contributed by atoms with Gasteiger partial charge in [-0.15, -0.1) is 11.8 Å². The van der Waals surface area contributed by atoms with E-state index in [1.807, 2.05) is 30.3 Å². The normalized spacial score (nSPS) is 17.5. The molecule has 0 spiro atoms. The van der Waals surface area contributed by atoms with Crippen molar-refractivity contribution in [2.75, 3.05) is 36.9 Å². The van der Waals surface area contributed by atoms with Gasteiger partial charge in [-0.3, -0.25) is 0 Å². The summed E-state index contributed by atoms with van der Waals surface area (Å²) < 4.78 is 33.2. The highest BCUT2D eigenvalue weighted by atomic mass is 32.2. The summed E-state index contributed by atoms with van der Waals surface area (Å²) in [4.78, 5) is 12.2. The van der Waals surface area contributed by atoms with Crippen molar-refractivity contribution in [3.05, 3.63) is 65.9 Å². The first-order valence-corrected chi connectivity index (χ1v) is 11.1. The van der Waals surface area contributed by atoms with Crippen molar-refractivity contribution in [3.63, 3.8) is 0 Å². The number of hydrogen-bond acceptors (Lipinski definition) is 6. The van der Waals surface area contributed by atoms with Gasteiger partial charge in [-0.05, 0) is 55.3 Å². The predicted molar refractivity (Wildman–Crippen MR) is 118 cm³/mol. The molecule has 0 unspecified atom stereocenters. The summed E-state index contributed by atoms with van der Waals surface area (Å²) in [6.45, 7) is 2.78. The zero-order valence-corrected chi connectivity index (χ0v) is 17.7. The molecule has 1 aliphatic heterocycles. The van der Waals surface area contributed by atoms with Crippen LogP contribution in [0.1, 0.15) is 18.5 Å². The molecule has 2 heterocycles. The van der Waals surface area contributed by atoms with Crippen LogP contribution in [0.25, 0.3) is 11.4 Å². The molecule has 0 amide bonds. The summed E-state index contributed by atoms with van der Waals surface area (Å²) in [5.41, 5.74) is 8.21. The third kappa shape index (κ3) is 4.22. The highest BCUT2D eigenvalue weighted by Gasteiger charge is 2.48. The molecule has 1 saturated heterocycles. The van der Waals surface area contributed by atoms with Crippen LogP contribution in [0.4, 0.5) is 20.3 Å². The van der Waals surface area contributed by atoms with Crippen LogP contribution >= 0.6 is 11.8 Å². The summed E-state index contributed by atoms with van der Waals surface area (Å²) >= 11 is 1.34. The molecular formula is C23H22F2N4OS. The van der Waals surface area contributed by atoms with Gasteiger partial charge in [0.05, 0.1) is 23.7 Å². The van der Waals surface area contributed by atoms with Gasteiger partial charge in [0.15, 0.2) is 5.82 Å². The van der Waals surface area contributed by atoms with Gasteiger partial charge < -0.3 is 15.4 Å². The monoisotopic (exact) mass is 440 g/mol. The van der Waals surface area contributed by atoms with Gasteiger partial charge in [-0.1, -0.05) is 0 Å². The van der Waals surface area contributed by atoms with E-state index in [4.69, 9.17) is 20.4 Å². The Balaban J connectivity index is 1.56. The van der Waals surface area contributed by atoms with Gasteiger partial charge in [-0.25, -0.2) is 18.7 Å². The number of anilines is 2. The molecule has 1 saturated carbocycles. The standard InChI is InChI=1S/C23H22F2N4OS/c24-16-3-6-18(25)19(13-16)31-23(7-8-23)20-14-21(29-9-11-30-12-10-29)28-22(27-20)15-1-4-17(26)5-2-15/h1-6,13-14H,7-12,26H2. The lowest BCUT2D eigenvalue weighted by Crippen LogP contribution is -2.37. The van der Waals surface area contributed by atoms with Crippen LogP contribution < -0.4 is 10.6 Å². The summed E-state index contributed by atoms with van der Waals surface area (Å²) in [7, 11) is 0. The van der Waals surface area contributed by atoms with Crippen LogP contribution in [-0.4, -0.2) is 36.3 Å². The Hall–Kier alpha value is -2.71. The number of aromatic nitrogens is 2. The minimum atomic E-state index is -0.445. The molecule has 1 aromatic heterocycles. The molecule has 0 atom stereocenters. The Bertz CT molecular complexity index is 1100. The van der Waals surface area contributed by atoms with Gasteiger partial charge in [0.2, 0.25) is 0 Å². The number of nitrogens with two attached hydrogens (primary N) is 1. The van der Waals surface area contributed by atoms with E-state index in [2.05, 4.69) is 4.90 Å². The average Bonchev–Trinajstić information content (AvgIpc) is 3.58. The van der Waals surface area contributed by atoms with Crippen LogP contribution in [0.2, 0.25) is 0 Å². The Kier molecular flexibility index (Phi) is 5.27. The van der Waals surface area contributed by atoms with Crippen molar-refractivity contribution in [3.8, 4) is 11.4 Å². The fraction of sp³-hybridized carbons (Fsp3) is 0.304. The van der Waals surface area contributed by atoms with Crippen molar-refractivity contribution < 1.29 is 13.5 Å². The number of nitrogens with zero attached hydrogens (tertiary/aromatic N) is 3. The molecule has 0 bridgehead atoms. The highest BCUT2D eigenvalue weighted by Crippen LogP contribution is 2.59. The fourth-order valence-electron chi connectivity index (χ4n) is 3.67. The van der Waals surface area contributed by atoms with Gasteiger partial charge in [0.1, 0.15) is 17.5 Å². The van der Waals surface area contributed by atoms with Crippen LogP contribution in [0, 0.1) is 11.6 Å². The molecule has 160 valence electrons. The number of nitrogen functional groups attached to an aromatic ring is 1. The molecule has 2 aromatic carbocycles. The van der Waals surface area contributed by atoms with Crippen molar-refractivity contribution in [2.24, 2.45) is 0 Å². The zero-order valence-electron chi connectivity index (χ0n) is 16.9. The summed E-state index contributed by atoms with van der Waals surface area (Å²) in [6.07, 6.45) is 1.68. The van der Waals surface area contributed by atoms with Crippen molar-refractivity contribution in [1.29, 1.82) is 0 Å². The maximum atomic E-state index is 14.3. The summed E-state index contributed by atoms with van der Waals surface area (Å²) in [5, 5.41) is 0. The number of thioether (sulfide) groups is 1. The lowest BCUT2D eigenvalue weighted by Gasteiger charge is -2.29. The summed E-state index contributed by atoms with van der Waals surface area (Å²) in [6, 6.07) is 13.0. The summed E-state index contributed by atoms with van der Waals surface area (Å²) in [5.74, 6) is 0.565. The molecule has 2 N–H and O–H groups in total. The van der Waals surface area contributed by atoms with E-state index < -0.39 is 11.6 Å². The lowest BCUT2D eigenvalue weighted by atomic mass is 10.1. The number of hydrogen-bond donors (Lipinski definition) is 1. The smallest absolute Gasteiger partial charge is 0.161 e. The number of ether oxygens (including phenoxy) is 1. The molecule has 2 aliphatic rings. The molecule has 2 fully saturated rings. The molecule has 31 heavy (non-hydrogen) atoms. The minimum absolute atomic E-state index is 0.304. The second-order valence-electron chi connectivity index (χ2n) is 7.83. The van der Waals surface area contributed by atoms with Gasteiger partial charge in [0.25, 0.3) is 0 Å². The number of rotatable bonds is 5. The molecule has 5 nitrogen and oxygen atoms in total. The topological polar surface area (TPSA) is 64.3 Å². The third-order valence-corrected chi connectivity index (χ3v) is 7.13. The SMILES string of the molecule is Nc1ccc(-c2nc(N3CCOCC3)cc(C3(Sc4cc(F)ccc4F)CC3)n2)cc1. The van der Waals surface area contributed by atoms with Crippen molar-refractivity contribution >= 4 is 23.3 Å². The first-order valence-electron chi connectivity index (χ1n) is 10.2. The maximum Gasteiger partial charge on any atom is 0.161 e. The third-order valence-electron chi connectivity index (χ3n) is 5.59. The average molecular weight is 441 g/mol. The lowest BCUT2D eigenvalue weighted by molar-refractivity contribution is 0.122. The quantitative estimate of drug-likeness (QED) is 0.584. The number of halogens is 2. The van der Waals surface area contributed by atoms with E-state index in [0.717, 1.165) is 49.1 Å². The van der Waals surface area contributed by atoms with Crippen molar-refractivity contribution in [1.82, 2.24) is 9.97 Å². The molecular weight excluding hydrogens is 418 g/mol. The first kappa shape index (κ1) is 20.2. The van der Waals surface area contributed by atoms with E-state index >= 15 is 0 Å². The van der Waals surface area contributed by atoms with Gasteiger partial charge in [0, 0.05) is 35.3 Å². The predicted octanol–water partition coefficient (Wildman–Crippen LogP) is 4.62. The van der Waals surface area contributed by atoms with Gasteiger partial charge >= 0.3 is 0 Å². The largest absolute Gasteiger partial charge is 0.399 e. The first-order chi connectivity index (χ1) is 15.0. The van der Waals surface area contributed by atoms with Crippen LogP contribution in [-0.2, 0) is 9.48 Å². The fourth-order valence-corrected chi connectivity index (χ4v) is 4.95. The molecule has 3 aromatic rings. The minimum Gasteiger partial charge on any atom is -0.399 e. The Morgan fingerprint density at radius 1 is 0.968 bits per heavy atom. The maximum absolute atomic E-state index is 14.3. The van der Waals surface area contributed by atoms with Crippen LogP contribution in [0.5, 0.6) is 0 Å². The van der Waals surface area contributed by atoms with Gasteiger partial charge in [-0.2, -0.15) is 0 Å². The molecule has 1 aliphatic carbocycles.